The van der Waals surface area contributed by atoms with E-state index in [4.69, 9.17) is 4.74 Å². The van der Waals surface area contributed by atoms with Gasteiger partial charge in [0.05, 0.1) is 12.8 Å². The fourth-order valence-corrected chi connectivity index (χ4v) is 3.56. The summed E-state index contributed by atoms with van der Waals surface area (Å²) in [6.45, 7) is 2.16. The van der Waals surface area contributed by atoms with Crippen molar-refractivity contribution in [2.45, 2.75) is 18.8 Å². The maximum absolute atomic E-state index is 5.23. The Labute approximate surface area is 148 Å². The Hall–Kier alpha value is -2.75. The Balaban J connectivity index is 1.51. The Bertz CT molecular complexity index is 811. The lowest BCUT2D eigenvalue weighted by Crippen LogP contribution is -2.34. The van der Waals surface area contributed by atoms with Crippen molar-refractivity contribution in [3.63, 3.8) is 0 Å². The van der Waals surface area contributed by atoms with Gasteiger partial charge in [-0.2, -0.15) is 5.10 Å². The van der Waals surface area contributed by atoms with Crippen LogP contribution >= 0.6 is 0 Å². The number of para-hydroxylation sites is 1. The second kappa shape index (κ2) is 7.01. The van der Waals surface area contributed by atoms with Gasteiger partial charge in [0.2, 0.25) is 0 Å². The number of rotatable bonds is 4. The molecule has 128 valence electrons. The Morgan fingerprint density at radius 3 is 2.64 bits per heavy atom. The van der Waals surface area contributed by atoms with E-state index in [-0.39, 0.29) is 0 Å². The summed E-state index contributed by atoms with van der Waals surface area (Å²) in [4.78, 5) is 2.47. The molecule has 1 unspecified atom stereocenters. The molecule has 0 aliphatic carbocycles. The van der Waals surface area contributed by atoms with Crippen LogP contribution in [0.25, 0.3) is 11.3 Å². The highest BCUT2D eigenvalue weighted by atomic mass is 16.5. The molecule has 1 fully saturated rings. The van der Waals surface area contributed by atoms with Crippen LogP contribution in [0, 0.1) is 0 Å². The molecule has 3 aromatic rings. The summed E-state index contributed by atoms with van der Waals surface area (Å²) in [6.07, 6.45) is 2.41. The molecular formula is C21H23N3O. The summed E-state index contributed by atoms with van der Waals surface area (Å²) in [5, 5.41) is 7.80. The first-order valence-electron chi connectivity index (χ1n) is 8.83. The summed E-state index contributed by atoms with van der Waals surface area (Å²) in [7, 11) is 1.68. The fourth-order valence-electron chi connectivity index (χ4n) is 3.56. The average Bonchev–Trinajstić information content (AvgIpc) is 3.19. The topological polar surface area (TPSA) is 41.1 Å². The summed E-state index contributed by atoms with van der Waals surface area (Å²) in [5.74, 6) is 1.36. The Kier molecular flexibility index (Phi) is 4.42. The number of hydrogen-bond donors (Lipinski definition) is 1. The van der Waals surface area contributed by atoms with Crippen LogP contribution in [0.15, 0.2) is 60.7 Å². The maximum atomic E-state index is 5.23. The van der Waals surface area contributed by atoms with Crippen molar-refractivity contribution in [2.75, 3.05) is 25.1 Å². The van der Waals surface area contributed by atoms with Crippen LogP contribution in [0.5, 0.6) is 5.75 Å². The Morgan fingerprint density at radius 2 is 1.88 bits per heavy atom. The van der Waals surface area contributed by atoms with E-state index in [1.165, 1.54) is 24.2 Å². The lowest BCUT2D eigenvalue weighted by Gasteiger charge is -2.34. The average molecular weight is 333 g/mol. The van der Waals surface area contributed by atoms with E-state index < -0.39 is 0 Å². The van der Waals surface area contributed by atoms with Gasteiger partial charge in [0.1, 0.15) is 5.75 Å². The van der Waals surface area contributed by atoms with Crippen molar-refractivity contribution in [1.82, 2.24) is 10.2 Å². The number of hydrogen-bond acceptors (Lipinski definition) is 3. The van der Waals surface area contributed by atoms with Crippen molar-refractivity contribution in [1.29, 1.82) is 0 Å². The third-order valence-electron chi connectivity index (χ3n) is 4.97. The fraction of sp³-hybridized carbons (Fsp3) is 0.286. The summed E-state index contributed by atoms with van der Waals surface area (Å²) in [6, 6.07) is 20.9. The zero-order valence-corrected chi connectivity index (χ0v) is 14.5. The molecule has 25 heavy (non-hydrogen) atoms. The normalized spacial score (nSPS) is 17.5. The van der Waals surface area contributed by atoms with Crippen LogP contribution in [0.1, 0.15) is 24.5 Å². The van der Waals surface area contributed by atoms with Gasteiger partial charge in [-0.05, 0) is 55.3 Å². The van der Waals surface area contributed by atoms with Gasteiger partial charge >= 0.3 is 0 Å². The maximum Gasteiger partial charge on any atom is 0.118 e. The minimum atomic E-state index is 0.494. The first kappa shape index (κ1) is 15.8. The van der Waals surface area contributed by atoms with Gasteiger partial charge in [0, 0.05) is 36.0 Å². The molecule has 1 N–H and O–H groups in total. The van der Waals surface area contributed by atoms with E-state index in [1.54, 1.807) is 7.11 Å². The SMILES string of the molecule is COc1ccc(-c2cc(C3CCCN(c4ccccc4)C3)[nH]n2)cc1. The molecule has 0 radical (unpaired) electrons. The van der Waals surface area contributed by atoms with Gasteiger partial charge in [-0.1, -0.05) is 18.2 Å². The van der Waals surface area contributed by atoms with Crippen molar-refractivity contribution in [3.8, 4) is 17.0 Å². The third kappa shape index (κ3) is 3.38. The second-order valence-electron chi connectivity index (χ2n) is 6.56. The van der Waals surface area contributed by atoms with Crippen LogP contribution in [-0.4, -0.2) is 30.4 Å². The monoisotopic (exact) mass is 333 g/mol. The van der Waals surface area contributed by atoms with E-state index in [0.29, 0.717) is 5.92 Å². The number of benzene rings is 2. The van der Waals surface area contributed by atoms with E-state index in [0.717, 1.165) is 30.1 Å². The third-order valence-corrected chi connectivity index (χ3v) is 4.97. The smallest absolute Gasteiger partial charge is 0.118 e. The highest BCUT2D eigenvalue weighted by Gasteiger charge is 2.23. The lowest BCUT2D eigenvalue weighted by molar-refractivity contribution is 0.415. The van der Waals surface area contributed by atoms with Gasteiger partial charge in [-0.25, -0.2) is 0 Å². The number of nitrogens with zero attached hydrogens (tertiary/aromatic N) is 2. The Morgan fingerprint density at radius 1 is 1.08 bits per heavy atom. The summed E-state index contributed by atoms with van der Waals surface area (Å²) < 4.78 is 5.23. The first-order chi connectivity index (χ1) is 12.3. The van der Waals surface area contributed by atoms with Crippen LogP contribution in [0.3, 0.4) is 0 Å². The molecule has 2 aromatic carbocycles. The van der Waals surface area contributed by atoms with Crippen molar-refractivity contribution < 1.29 is 4.74 Å². The highest BCUT2D eigenvalue weighted by molar-refractivity contribution is 5.60. The molecule has 0 bridgehead atoms. The quantitative estimate of drug-likeness (QED) is 0.766. The van der Waals surface area contributed by atoms with E-state index in [1.807, 2.05) is 12.1 Å². The molecule has 1 aliphatic rings. The molecule has 1 atom stereocenters. The number of ether oxygens (including phenoxy) is 1. The summed E-state index contributed by atoms with van der Waals surface area (Å²) >= 11 is 0. The predicted molar refractivity (Wildman–Crippen MR) is 101 cm³/mol. The molecule has 1 aromatic heterocycles. The number of methoxy groups -OCH3 is 1. The molecule has 4 nitrogen and oxygen atoms in total. The zero-order chi connectivity index (χ0) is 17.1. The van der Waals surface area contributed by atoms with Crippen LogP contribution in [0.2, 0.25) is 0 Å². The first-order valence-corrected chi connectivity index (χ1v) is 8.83. The van der Waals surface area contributed by atoms with Crippen LogP contribution in [0.4, 0.5) is 5.69 Å². The van der Waals surface area contributed by atoms with Gasteiger partial charge in [0.15, 0.2) is 0 Å². The minimum absolute atomic E-state index is 0.494. The van der Waals surface area contributed by atoms with Gasteiger partial charge in [-0.3, -0.25) is 5.10 Å². The van der Waals surface area contributed by atoms with Crippen molar-refractivity contribution in [2.24, 2.45) is 0 Å². The number of aromatic amines is 1. The van der Waals surface area contributed by atoms with Crippen LogP contribution in [-0.2, 0) is 0 Å². The number of anilines is 1. The van der Waals surface area contributed by atoms with E-state index in [2.05, 4.69) is 63.6 Å². The van der Waals surface area contributed by atoms with E-state index in [9.17, 15) is 0 Å². The highest BCUT2D eigenvalue weighted by Crippen LogP contribution is 2.31. The molecule has 1 aliphatic heterocycles. The minimum Gasteiger partial charge on any atom is -0.497 e. The standard InChI is InChI=1S/C21H23N3O/c1-25-19-11-9-16(10-12-19)20-14-21(23-22-20)17-6-5-13-24(15-17)18-7-3-2-4-8-18/h2-4,7-12,14,17H,5-6,13,15H2,1H3,(H,22,23). The van der Waals surface area contributed by atoms with Crippen molar-refractivity contribution in [3.05, 3.63) is 66.4 Å². The number of nitrogens with one attached hydrogen (secondary N) is 1. The zero-order valence-electron chi connectivity index (χ0n) is 14.5. The largest absolute Gasteiger partial charge is 0.497 e. The molecule has 4 rings (SSSR count). The van der Waals surface area contributed by atoms with Crippen molar-refractivity contribution >= 4 is 5.69 Å². The predicted octanol–water partition coefficient (Wildman–Crippen LogP) is 4.47. The van der Waals surface area contributed by atoms with E-state index >= 15 is 0 Å². The number of aromatic nitrogens is 2. The summed E-state index contributed by atoms with van der Waals surface area (Å²) in [5.41, 5.74) is 4.64. The lowest BCUT2D eigenvalue weighted by atomic mass is 9.94. The molecule has 1 saturated heterocycles. The van der Waals surface area contributed by atoms with Gasteiger partial charge in [-0.15, -0.1) is 0 Å². The molecule has 4 heteroatoms. The second-order valence-corrected chi connectivity index (χ2v) is 6.56. The van der Waals surface area contributed by atoms with Crippen LogP contribution < -0.4 is 9.64 Å². The molecular weight excluding hydrogens is 310 g/mol. The molecule has 0 saturated carbocycles. The molecule has 2 heterocycles. The van der Waals surface area contributed by atoms with Gasteiger partial charge in [0.25, 0.3) is 0 Å². The number of piperidine rings is 1. The number of H-pyrrole nitrogens is 1. The van der Waals surface area contributed by atoms with Gasteiger partial charge < -0.3 is 9.64 Å². The molecule has 0 spiro atoms. The molecule has 0 amide bonds.